The molecule has 5 nitrogen and oxygen atoms in total. The minimum atomic E-state index is -0.368. The number of hydrogen-bond acceptors (Lipinski definition) is 5. The quantitative estimate of drug-likeness (QED) is 0.725. The zero-order valence-electron chi connectivity index (χ0n) is 8.95. The fourth-order valence-electron chi connectivity index (χ4n) is 1.62. The summed E-state index contributed by atoms with van der Waals surface area (Å²) in [5.74, 6) is -0.425. The highest BCUT2D eigenvalue weighted by Crippen LogP contribution is 2.08. The third-order valence-corrected chi connectivity index (χ3v) is 3.23. The van der Waals surface area contributed by atoms with Gasteiger partial charge < -0.3 is 5.32 Å². The SMILES string of the molecule is Cc1nc(CCNC2CC(=O)NC2=O)cs1. The summed E-state index contributed by atoms with van der Waals surface area (Å²) >= 11 is 1.62. The molecule has 1 aliphatic heterocycles. The van der Waals surface area contributed by atoms with E-state index in [0.29, 0.717) is 6.54 Å². The third kappa shape index (κ3) is 2.65. The lowest BCUT2D eigenvalue weighted by molar-refractivity contribution is -0.125. The van der Waals surface area contributed by atoms with E-state index < -0.39 is 0 Å². The Morgan fingerprint density at radius 3 is 3.00 bits per heavy atom. The van der Waals surface area contributed by atoms with Crippen LogP contribution in [0.5, 0.6) is 0 Å². The Morgan fingerprint density at radius 2 is 2.44 bits per heavy atom. The maximum Gasteiger partial charge on any atom is 0.244 e. The Labute approximate surface area is 97.3 Å². The van der Waals surface area contributed by atoms with Gasteiger partial charge in [0, 0.05) is 18.3 Å². The second-order valence-corrected chi connectivity index (χ2v) is 4.79. The minimum absolute atomic E-state index is 0.202. The number of carbonyl (C=O) groups excluding carboxylic acids is 2. The van der Waals surface area contributed by atoms with Crippen LogP contribution in [0.25, 0.3) is 0 Å². The van der Waals surface area contributed by atoms with Gasteiger partial charge in [0.25, 0.3) is 0 Å². The number of carbonyl (C=O) groups is 2. The van der Waals surface area contributed by atoms with Crippen molar-refractivity contribution in [1.29, 1.82) is 0 Å². The van der Waals surface area contributed by atoms with E-state index in [1.54, 1.807) is 11.3 Å². The number of nitrogens with zero attached hydrogens (tertiary/aromatic N) is 1. The zero-order valence-corrected chi connectivity index (χ0v) is 9.76. The molecule has 0 saturated carbocycles. The average Bonchev–Trinajstić information content (AvgIpc) is 2.74. The van der Waals surface area contributed by atoms with E-state index in [-0.39, 0.29) is 24.3 Å². The molecule has 0 spiro atoms. The van der Waals surface area contributed by atoms with Gasteiger partial charge in [0.05, 0.1) is 23.2 Å². The van der Waals surface area contributed by atoms with Crippen LogP contribution in [0.4, 0.5) is 0 Å². The van der Waals surface area contributed by atoms with E-state index in [4.69, 9.17) is 0 Å². The summed E-state index contributed by atoms with van der Waals surface area (Å²) in [6.45, 7) is 2.62. The molecule has 0 radical (unpaired) electrons. The summed E-state index contributed by atoms with van der Waals surface area (Å²) in [5.41, 5.74) is 1.03. The molecule has 16 heavy (non-hydrogen) atoms. The van der Waals surface area contributed by atoms with Gasteiger partial charge in [-0.15, -0.1) is 11.3 Å². The van der Waals surface area contributed by atoms with Gasteiger partial charge in [0.15, 0.2) is 0 Å². The predicted molar refractivity (Wildman–Crippen MR) is 60.1 cm³/mol. The highest BCUT2D eigenvalue weighted by Gasteiger charge is 2.29. The Hall–Kier alpha value is -1.27. The maximum absolute atomic E-state index is 11.2. The van der Waals surface area contributed by atoms with Crippen LogP contribution in [0.1, 0.15) is 17.1 Å². The molecular weight excluding hydrogens is 226 g/mol. The summed E-state index contributed by atoms with van der Waals surface area (Å²) < 4.78 is 0. The predicted octanol–water partition coefficient (Wildman–Crippen LogP) is -0.00128. The van der Waals surface area contributed by atoms with Gasteiger partial charge in [-0.05, 0) is 6.92 Å². The van der Waals surface area contributed by atoms with Gasteiger partial charge in [0.1, 0.15) is 0 Å². The van der Waals surface area contributed by atoms with Crippen LogP contribution in [0.3, 0.4) is 0 Å². The number of imide groups is 1. The summed E-state index contributed by atoms with van der Waals surface area (Å²) in [5, 5.41) is 8.37. The van der Waals surface area contributed by atoms with Crippen molar-refractivity contribution < 1.29 is 9.59 Å². The lowest BCUT2D eigenvalue weighted by Crippen LogP contribution is -2.37. The fraction of sp³-hybridized carbons (Fsp3) is 0.500. The average molecular weight is 239 g/mol. The van der Waals surface area contributed by atoms with E-state index in [1.807, 2.05) is 12.3 Å². The van der Waals surface area contributed by atoms with Gasteiger partial charge in [-0.25, -0.2) is 4.98 Å². The van der Waals surface area contributed by atoms with Crippen LogP contribution in [0.2, 0.25) is 0 Å². The highest BCUT2D eigenvalue weighted by atomic mass is 32.1. The van der Waals surface area contributed by atoms with Gasteiger partial charge in [-0.2, -0.15) is 0 Å². The number of hydrogen-bond donors (Lipinski definition) is 2. The molecule has 0 aliphatic carbocycles. The topological polar surface area (TPSA) is 71.1 Å². The Balaban J connectivity index is 1.76. The normalized spacial score (nSPS) is 20.2. The first kappa shape index (κ1) is 11.2. The number of aryl methyl sites for hydroxylation is 1. The van der Waals surface area contributed by atoms with Crippen molar-refractivity contribution in [2.75, 3.05) is 6.54 Å². The van der Waals surface area contributed by atoms with Crippen LogP contribution in [0.15, 0.2) is 5.38 Å². The molecule has 2 rings (SSSR count). The lowest BCUT2D eigenvalue weighted by atomic mass is 10.2. The van der Waals surface area contributed by atoms with Crippen molar-refractivity contribution in [2.45, 2.75) is 25.8 Å². The Morgan fingerprint density at radius 1 is 1.62 bits per heavy atom. The number of aromatic nitrogens is 1. The van der Waals surface area contributed by atoms with E-state index in [0.717, 1.165) is 17.1 Å². The summed E-state index contributed by atoms with van der Waals surface area (Å²) in [6.07, 6.45) is 1.03. The molecule has 2 amide bonds. The van der Waals surface area contributed by atoms with Gasteiger partial charge in [-0.3, -0.25) is 14.9 Å². The molecule has 6 heteroatoms. The Kier molecular flexibility index (Phi) is 3.31. The standard InChI is InChI=1S/C10H13N3O2S/c1-6-12-7(5-16-6)2-3-11-8-4-9(14)13-10(8)15/h5,8,11H,2-4H2,1H3,(H,13,14,15). The molecule has 2 N–H and O–H groups in total. The number of nitrogens with one attached hydrogen (secondary N) is 2. The van der Waals surface area contributed by atoms with Crippen LogP contribution in [0, 0.1) is 6.92 Å². The van der Waals surface area contributed by atoms with Crippen LogP contribution in [-0.2, 0) is 16.0 Å². The molecule has 1 atom stereocenters. The first-order valence-corrected chi connectivity index (χ1v) is 6.01. The first-order valence-electron chi connectivity index (χ1n) is 5.13. The lowest BCUT2D eigenvalue weighted by Gasteiger charge is -2.07. The Bertz CT molecular complexity index is 416. The van der Waals surface area contributed by atoms with Gasteiger partial charge >= 0.3 is 0 Å². The minimum Gasteiger partial charge on any atom is -0.305 e. The van der Waals surface area contributed by atoms with Crippen LogP contribution in [-0.4, -0.2) is 29.4 Å². The molecule has 1 unspecified atom stereocenters. The van der Waals surface area contributed by atoms with Crippen molar-refractivity contribution in [1.82, 2.24) is 15.6 Å². The summed E-state index contributed by atoms with van der Waals surface area (Å²) in [7, 11) is 0. The van der Waals surface area contributed by atoms with E-state index in [2.05, 4.69) is 15.6 Å². The van der Waals surface area contributed by atoms with Crippen molar-refractivity contribution in [2.24, 2.45) is 0 Å². The van der Waals surface area contributed by atoms with Crippen molar-refractivity contribution in [3.63, 3.8) is 0 Å². The maximum atomic E-state index is 11.2. The molecule has 0 bridgehead atoms. The largest absolute Gasteiger partial charge is 0.305 e. The molecule has 0 aromatic carbocycles. The van der Waals surface area contributed by atoms with Crippen molar-refractivity contribution >= 4 is 23.2 Å². The molecule has 2 heterocycles. The molecule has 1 fully saturated rings. The van der Waals surface area contributed by atoms with Crippen LogP contribution < -0.4 is 10.6 Å². The number of rotatable bonds is 4. The molecule has 1 aliphatic rings. The second kappa shape index (κ2) is 4.71. The molecule has 1 saturated heterocycles. The first-order chi connectivity index (χ1) is 7.65. The molecule has 1 aromatic rings. The summed E-state index contributed by atoms with van der Waals surface area (Å²) in [6, 6.07) is -0.368. The third-order valence-electron chi connectivity index (χ3n) is 2.41. The van der Waals surface area contributed by atoms with Crippen molar-refractivity contribution in [3.05, 3.63) is 16.1 Å². The highest BCUT2D eigenvalue weighted by molar-refractivity contribution is 7.09. The van der Waals surface area contributed by atoms with E-state index >= 15 is 0 Å². The monoisotopic (exact) mass is 239 g/mol. The van der Waals surface area contributed by atoms with E-state index in [9.17, 15) is 9.59 Å². The van der Waals surface area contributed by atoms with E-state index in [1.165, 1.54) is 0 Å². The van der Waals surface area contributed by atoms with Gasteiger partial charge in [-0.1, -0.05) is 0 Å². The number of thiazole rings is 1. The smallest absolute Gasteiger partial charge is 0.244 e. The molecule has 86 valence electrons. The van der Waals surface area contributed by atoms with Gasteiger partial charge in [0.2, 0.25) is 11.8 Å². The summed E-state index contributed by atoms with van der Waals surface area (Å²) in [4.78, 5) is 26.5. The van der Waals surface area contributed by atoms with Crippen LogP contribution >= 0.6 is 11.3 Å². The fourth-order valence-corrected chi connectivity index (χ4v) is 2.26. The zero-order chi connectivity index (χ0) is 11.5. The number of amides is 2. The molecule has 1 aromatic heterocycles. The second-order valence-electron chi connectivity index (χ2n) is 3.73. The van der Waals surface area contributed by atoms with Crippen molar-refractivity contribution in [3.8, 4) is 0 Å². The molecular formula is C10H13N3O2S.